The van der Waals surface area contributed by atoms with Gasteiger partial charge in [0, 0.05) is 19.4 Å². The van der Waals surface area contributed by atoms with Crippen molar-refractivity contribution in [3.05, 3.63) is 11.3 Å². The van der Waals surface area contributed by atoms with Gasteiger partial charge in [-0.05, 0) is 6.92 Å². The van der Waals surface area contributed by atoms with Crippen LogP contribution in [0.25, 0.3) is 0 Å². The number of hydrogen-bond donors (Lipinski definition) is 3. The molecule has 3 N–H and O–H groups in total. The number of hydrogen-bond acceptors (Lipinski definition) is 4. The minimum Gasteiger partial charge on any atom is -0.478 e. The molecular formula is C9H13F3N2O3. The molecule has 0 aromatic carbocycles. The molecule has 0 bridgehead atoms. The summed E-state index contributed by atoms with van der Waals surface area (Å²) in [5.41, 5.74) is -2.59. The first-order valence-electron chi connectivity index (χ1n) is 4.54. The summed E-state index contributed by atoms with van der Waals surface area (Å²) in [5.74, 6) is -1.82. The maximum absolute atomic E-state index is 12.6. The molecule has 1 unspecified atom stereocenters. The van der Waals surface area contributed by atoms with Crippen molar-refractivity contribution in [2.75, 3.05) is 13.7 Å². The Kier molecular flexibility index (Phi) is 5.66. The number of alkyl halides is 3. The van der Waals surface area contributed by atoms with Gasteiger partial charge in [-0.3, -0.25) is 0 Å². The number of rotatable bonds is 6. The van der Waals surface area contributed by atoms with Gasteiger partial charge in [0.2, 0.25) is 0 Å². The summed E-state index contributed by atoms with van der Waals surface area (Å²) in [6.45, 7) is 1.38. The quantitative estimate of drug-likeness (QED) is 0.490. The predicted molar refractivity (Wildman–Crippen MR) is 54.0 cm³/mol. The Morgan fingerprint density at radius 1 is 1.59 bits per heavy atom. The Morgan fingerprint density at radius 3 is 2.41 bits per heavy atom. The van der Waals surface area contributed by atoms with Crippen molar-refractivity contribution in [3.8, 4) is 0 Å². The minimum atomic E-state index is -4.87. The summed E-state index contributed by atoms with van der Waals surface area (Å²) in [7, 11) is 1.31. The van der Waals surface area contributed by atoms with Crippen LogP contribution in [0.1, 0.15) is 6.92 Å². The summed E-state index contributed by atoms with van der Waals surface area (Å²) < 4.78 is 42.4. The monoisotopic (exact) mass is 254 g/mol. The van der Waals surface area contributed by atoms with Crippen LogP contribution in [0.3, 0.4) is 0 Å². The first-order chi connectivity index (χ1) is 7.73. The molecule has 0 aliphatic heterocycles. The van der Waals surface area contributed by atoms with Crippen LogP contribution in [0.2, 0.25) is 0 Å². The van der Waals surface area contributed by atoms with E-state index in [1.807, 2.05) is 5.32 Å². The SMILES string of the molecule is COCC(C)N/C(=C(\C=N)C(=O)O)C(F)(F)F. The van der Waals surface area contributed by atoms with E-state index in [0.29, 0.717) is 0 Å². The number of methoxy groups -OCH3 is 1. The summed E-state index contributed by atoms with van der Waals surface area (Å²) in [4.78, 5) is 10.6. The van der Waals surface area contributed by atoms with Gasteiger partial charge in [0.15, 0.2) is 0 Å². The molecule has 0 heterocycles. The number of carbonyl (C=O) groups is 1. The molecule has 0 amide bonds. The van der Waals surface area contributed by atoms with Gasteiger partial charge >= 0.3 is 12.1 Å². The predicted octanol–water partition coefficient (Wildman–Crippen LogP) is 1.16. The molecule has 0 spiro atoms. The number of carboxylic acid groups (broad SMARTS) is 1. The molecule has 17 heavy (non-hydrogen) atoms. The Bertz CT molecular complexity index is 326. The van der Waals surface area contributed by atoms with Crippen LogP contribution < -0.4 is 5.32 Å². The molecule has 0 fully saturated rings. The van der Waals surface area contributed by atoms with Gasteiger partial charge in [-0.25, -0.2) is 4.79 Å². The Labute approximate surface area is 95.8 Å². The molecular weight excluding hydrogens is 241 g/mol. The number of ether oxygens (including phenoxy) is 1. The fraction of sp³-hybridized carbons (Fsp3) is 0.556. The van der Waals surface area contributed by atoms with E-state index in [4.69, 9.17) is 10.5 Å². The standard InChI is InChI=1S/C9H13F3N2O3/c1-5(4-17-2)14-7(9(10,11)12)6(3-13)8(15)16/h3,5,13-14H,4H2,1-2H3,(H,15,16)/b7-6+,13-3?. The molecule has 0 aliphatic carbocycles. The highest BCUT2D eigenvalue weighted by Gasteiger charge is 2.38. The number of carboxylic acids is 1. The zero-order chi connectivity index (χ0) is 13.6. The molecule has 0 radical (unpaired) electrons. The van der Waals surface area contributed by atoms with Crippen LogP contribution in [0.15, 0.2) is 11.3 Å². The number of allylic oxidation sites excluding steroid dienone is 1. The van der Waals surface area contributed by atoms with Crippen LogP contribution in [-0.4, -0.2) is 43.2 Å². The lowest BCUT2D eigenvalue weighted by Crippen LogP contribution is -2.38. The lowest BCUT2D eigenvalue weighted by molar-refractivity contribution is -0.133. The largest absolute Gasteiger partial charge is 0.478 e. The van der Waals surface area contributed by atoms with E-state index in [1.165, 1.54) is 14.0 Å². The van der Waals surface area contributed by atoms with Crippen molar-refractivity contribution < 1.29 is 27.8 Å². The molecule has 5 nitrogen and oxygen atoms in total. The van der Waals surface area contributed by atoms with E-state index in [9.17, 15) is 18.0 Å². The van der Waals surface area contributed by atoms with E-state index in [0.717, 1.165) is 0 Å². The molecule has 0 aromatic rings. The zero-order valence-corrected chi connectivity index (χ0v) is 9.26. The van der Waals surface area contributed by atoms with Crippen molar-refractivity contribution in [2.24, 2.45) is 0 Å². The van der Waals surface area contributed by atoms with Crippen LogP contribution in [0.4, 0.5) is 13.2 Å². The van der Waals surface area contributed by atoms with E-state index < -0.39 is 29.5 Å². The van der Waals surface area contributed by atoms with Gasteiger partial charge < -0.3 is 20.6 Å². The average Bonchev–Trinajstić information content (AvgIpc) is 2.15. The summed E-state index contributed by atoms with van der Waals surface area (Å²) in [6, 6.07) is -0.731. The van der Waals surface area contributed by atoms with Gasteiger partial charge in [0.25, 0.3) is 0 Å². The maximum atomic E-state index is 12.6. The Balaban J connectivity index is 5.28. The topological polar surface area (TPSA) is 82.4 Å². The lowest BCUT2D eigenvalue weighted by atomic mass is 10.2. The highest BCUT2D eigenvalue weighted by atomic mass is 19.4. The fourth-order valence-corrected chi connectivity index (χ4v) is 1.09. The van der Waals surface area contributed by atoms with Crippen molar-refractivity contribution in [3.63, 3.8) is 0 Å². The van der Waals surface area contributed by atoms with Crippen molar-refractivity contribution in [1.82, 2.24) is 5.32 Å². The van der Waals surface area contributed by atoms with Gasteiger partial charge in [0.05, 0.1) is 6.61 Å². The van der Waals surface area contributed by atoms with Crippen LogP contribution in [-0.2, 0) is 9.53 Å². The molecule has 0 aliphatic rings. The summed E-state index contributed by atoms with van der Waals surface area (Å²) in [6.07, 6.45) is -4.72. The molecule has 0 saturated heterocycles. The van der Waals surface area contributed by atoms with Gasteiger partial charge in [-0.1, -0.05) is 0 Å². The number of halogens is 3. The second-order valence-electron chi connectivity index (χ2n) is 3.24. The molecule has 0 saturated carbocycles. The number of aliphatic carboxylic acids is 1. The first kappa shape index (κ1) is 15.4. The third-order valence-electron chi connectivity index (χ3n) is 1.73. The Morgan fingerprint density at radius 2 is 2.12 bits per heavy atom. The minimum absolute atomic E-state index is 0.0233. The van der Waals surface area contributed by atoms with Crippen molar-refractivity contribution in [1.29, 1.82) is 5.41 Å². The molecule has 1 atom stereocenters. The van der Waals surface area contributed by atoms with Crippen LogP contribution in [0, 0.1) is 5.41 Å². The zero-order valence-electron chi connectivity index (χ0n) is 9.26. The second-order valence-corrected chi connectivity index (χ2v) is 3.24. The molecule has 0 aromatic heterocycles. The van der Waals surface area contributed by atoms with Crippen LogP contribution >= 0.6 is 0 Å². The number of nitrogens with one attached hydrogen (secondary N) is 2. The van der Waals surface area contributed by atoms with Gasteiger partial charge in [-0.2, -0.15) is 13.2 Å². The van der Waals surface area contributed by atoms with Crippen molar-refractivity contribution >= 4 is 12.2 Å². The van der Waals surface area contributed by atoms with Crippen LogP contribution in [0.5, 0.6) is 0 Å². The van der Waals surface area contributed by atoms with E-state index in [-0.39, 0.29) is 12.8 Å². The second kappa shape index (κ2) is 6.24. The maximum Gasteiger partial charge on any atom is 0.431 e. The van der Waals surface area contributed by atoms with Gasteiger partial charge in [-0.15, -0.1) is 0 Å². The fourth-order valence-electron chi connectivity index (χ4n) is 1.09. The first-order valence-corrected chi connectivity index (χ1v) is 4.54. The van der Waals surface area contributed by atoms with E-state index in [1.54, 1.807) is 0 Å². The lowest BCUT2D eigenvalue weighted by Gasteiger charge is -2.20. The highest BCUT2D eigenvalue weighted by molar-refractivity contribution is 6.08. The third kappa shape index (κ3) is 4.85. The normalized spacial score (nSPS) is 14.9. The average molecular weight is 254 g/mol. The van der Waals surface area contributed by atoms with E-state index >= 15 is 0 Å². The molecule has 98 valence electrons. The Hall–Kier alpha value is -1.57. The highest BCUT2D eigenvalue weighted by Crippen LogP contribution is 2.26. The third-order valence-corrected chi connectivity index (χ3v) is 1.73. The smallest absolute Gasteiger partial charge is 0.431 e. The summed E-state index contributed by atoms with van der Waals surface area (Å²) >= 11 is 0. The summed E-state index contributed by atoms with van der Waals surface area (Å²) in [5, 5.41) is 17.3. The van der Waals surface area contributed by atoms with Crippen molar-refractivity contribution in [2.45, 2.75) is 19.1 Å². The van der Waals surface area contributed by atoms with E-state index in [2.05, 4.69) is 4.74 Å². The van der Waals surface area contributed by atoms with Gasteiger partial charge in [0.1, 0.15) is 11.3 Å². The molecule has 8 heteroatoms. The molecule has 0 rings (SSSR count).